The van der Waals surface area contributed by atoms with Gasteiger partial charge < -0.3 is 24.8 Å². The van der Waals surface area contributed by atoms with Crippen LogP contribution >= 0.6 is 11.8 Å². The minimum atomic E-state index is -0.512. The molecule has 1 aromatic rings. The number of hydrogen-bond donors (Lipinski definition) is 2. The van der Waals surface area contributed by atoms with E-state index in [1.807, 2.05) is 30.0 Å². The first-order chi connectivity index (χ1) is 12.1. The van der Waals surface area contributed by atoms with Crippen LogP contribution in [0.15, 0.2) is 18.2 Å². The van der Waals surface area contributed by atoms with Crippen LogP contribution in [0.3, 0.4) is 0 Å². The molecule has 0 heterocycles. The van der Waals surface area contributed by atoms with Gasteiger partial charge in [0.25, 0.3) is 0 Å². The Morgan fingerprint density at radius 1 is 1.24 bits per heavy atom. The van der Waals surface area contributed by atoms with Gasteiger partial charge in [0.05, 0.1) is 7.11 Å². The molecule has 0 aliphatic rings. The predicted molar refractivity (Wildman–Crippen MR) is 107 cm³/mol. The summed E-state index contributed by atoms with van der Waals surface area (Å²) in [5, 5.41) is 13.6. The summed E-state index contributed by atoms with van der Waals surface area (Å²) in [5.41, 5.74) is 1.16. The maximum Gasteiger partial charge on any atom is 0.161 e. The van der Waals surface area contributed by atoms with Gasteiger partial charge >= 0.3 is 0 Å². The fourth-order valence-electron chi connectivity index (χ4n) is 2.53. The van der Waals surface area contributed by atoms with Crippen molar-refractivity contribution < 1.29 is 14.6 Å². The van der Waals surface area contributed by atoms with Crippen LogP contribution in [0.5, 0.6) is 11.5 Å². The number of methoxy groups -OCH3 is 1. The Labute approximate surface area is 157 Å². The Kier molecular flexibility index (Phi) is 11.7. The number of rotatable bonds is 14. The minimum absolute atomic E-state index is 0.263. The van der Waals surface area contributed by atoms with Crippen molar-refractivity contribution in [1.29, 1.82) is 0 Å². The second-order valence-corrected chi connectivity index (χ2v) is 6.94. The van der Waals surface area contributed by atoms with E-state index in [0.29, 0.717) is 18.0 Å². The molecule has 0 bridgehead atoms. The summed E-state index contributed by atoms with van der Waals surface area (Å²) < 4.78 is 11.2. The molecule has 5 nitrogen and oxygen atoms in total. The molecule has 0 aliphatic heterocycles. The highest BCUT2D eigenvalue weighted by atomic mass is 32.2. The smallest absolute Gasteiger partial charge is 0.161 e. The van der Waals surface area contributed by atoms with Crippen LogP contribution in [0.1, 0.15) is 25.8 Å². The van der Waals surface area contributed by atoms with Gasteiger partial charge in [0, 0.05) is 13.1 Å². The minimum Gasteiger partial charge on any atom is -0.493 e. The summed E-state index contributed by atoms with van der Waals surface area (Å²) in [5.74, 6) is 2.56. The average Bonchev–Trinajstić information content (AvgIpc) is 2.64. The monoisotopic (exact) mass is 370 g/mol. The SMILES string of the molecule is CCN(CC)CC(O)COc1ccc(CNCCCSC)cc1OC. The first-order valence-electron chi connectivity index (χ1n) is 9.04. The van der Waals surface area contributed by atoms with E-state index in [1.54, 1.807) is 7.11 Å². The Hall–Kier alpha value is -0.950. The highest BCUT2D eigenvalue weighted by Gasteiger charge is 2.12. The molecule has 0 radical (unpaired) electrons. The van der Waals surface area contributed by atoms with E-state index < -0.39 is 6.10 Å². The number of ether oxygens (including phenoxy) is 2. The van der Waals surface area contributed by atoms with Gasteiger partial charge in [-0.05, 0) is 55.8 Å². The largest absolute Gasteiger partial charge is 0.493 e. The lowest BCUT2D eigenvalue weighted by Gasteiger charge is -2.22. The molecular formula is C19H34N2O3S. The van der Waals surface area contributed by atoms with E-state index >= 15 is 0 Å². The van der Waals surface area contributed by atoms with Crippen molar-refractivity contribution in [3.63, 3.8) is 0 Å². The zero-order valence-electron chi connectivity index (χ0n) is 16.1. The number of aliphatic hydroxyl groups excluding tert-OH is 1. The normalized spacial score (nSPS) is 12.4. The van der Waals surface area contributed by atoms with Crippen LogP contribution in [0.25, 0.3) is 0 Å². The van der Waals surface area contributed by atoms with Gasteiger partial charge in [0.2, 0.25) is 0 Å². The van der Waals surface area contributed by atoms with Crippen molar-refractivity contribution in [3.05, 3.63) is 23.8 Å². The molecule has 0 saturated carbocycles. The van der Waals surface area contributed by atoms with Gasteiger partial charge in [-0.25, -0.2) is 0 Å². The highest BCUT2D eigenvalue weighted by molar-refractivity contribution is 7.98. The number of aliphatic hydroxyl groups is 1. The standard InChI is InChI=1S/C19H34N2O3S/c1-5-21(6-2)14-17(22)15-24-18-9-8-16(12-19(18)23-3)13-20-10-7-11-25-4/h8-9,12,17,20,22H,5-7,10-11,13-15H2,1-4H3. The van der Waals surface area contributed by atoms with Gasteiger partial charge in [-0.2, -0.15) is 11.8 Å². The Bertz CT molecular complexity index is 470. The predicted octanol–water partition coefficient (Wildman–Crippen LogP) is 2.62. The molecule has 0 amide bonds. The third-order valence-electron chi connectivity index (χ3n) is 4.05. The third-order valence-corrected chi connectivity index (χ3v) is 4.75. The van der Waals surface area contributed by atoms with Gasteiger partial charge in [0.1, 0.15) is 12.7 Å². The molecule has 0 saturated heterocycles. The van der Waals surface area contributed by atoms with E-state index in [0.717, 1.165) is 31.7 Å². The van der Waals surface area contributed by atoms with Crippen LogP contribution in [-0.2, 0) is 6.54 Å². The number of likely N-dealkylation sites (N-methyl/N-ethyl adjacent to an activating group) is 1. The number of nitrogens with one attached hydrogen (secondary N) is 1. The Morgan fingerprint density at radius 2 is 2.00 bits per heavy atom. The Balaban J connectivity index is 2.48. The summed E-state index contributed by atoms with van der Waals surface area (Å²) in [4.78, 5) is 2.18. The first-order valence-corrected chi connectivity index (χ1v) is 10.4. The van der Waals surface area contributed by atoms with E-state index in [-0.39, 0.29) is 6.61 Å². The topological polar surface area (TPSA) is 54.0 Å². The van der Waals surface area contributed by atoms with E-state index in [1.165, 1.54) is 12.2 Å². The molecule has 6 heteroatoms. The van der Waals surface area contributed by atoms with Crippen LogP contribution < -0.4 is 14.8 Å². The lowest BCUT2D eigenvalue weighted by molar-refractivity contribution is 0.0705. The van der Waals surface area contributed by atoms with Crippen LogP contribution in [-0.4, -0.2) is 68.0 Å². The summed E-state index contributed by atoms with van der Waals surface area (Å²) >= 11 is 1.87. The first kappa shape index (κ1) is 22.1. The quantitative estimate of drug-likeness (QED) is 0.491. The average molecular weight is 371 g/mol. The molecule has 1 unspecified atom stereocenters. The van der Waals surface area contributed by atoms with Crippen LogP contribution in [0.2, 0.25) is 0 Å². The number of hydrogen-bond acceptors (Lipinski definition) is 6. The lowest BCUT2D eigenvalue weighted by atomic mass is 10.2. The summed E-state index contributed by atoms with van der Waals surface area (Å²) in [7, 11) is 1.64. The van der Waals surface area contributed by atoms with Gasteiger partial charge in [-0.3, -0.25) is 0 Å². The van der Waals surface area contributed by atoms with Gasteiger partial charge in [0.15, 0.2) is 11.5 Å². The zero-order valence-corrected chi connectivity index (χ0v) is 16.9. The van der Waals surface area contributed by atoms with Crippen molar-refractivity contribution in [2.24, 2.45) is 0 Å². The van der Waals surface area contributed by atoms with Crippen molar-refractivity contribution >= 4 is 11.8 Å². The molecule has 144 valence electrons. The maximum absolute atomic E-state index is 10.1. The van der Waals surface area contributed by atoms with Crippen LogP contribution in [0, 0.1) is 0 Å². The van der Waals surface area contributed by atoms with Crippen molar-refractivity contribution in [2.45, 2.75) is 32.9 Å². The van der Waals surface area contributed by atoms with E-state index in [9.17, 15) is 5.11 Å². The molecule has 0 aromatic heterocycles. The molecule has 0 aliphatic carbocycles. The summed E-state index contributed by atoms with van der Waals surface area (Å²) in [6, 6.07) is 5.95. The molecule has 1 rings (SSSR count). The number of benzene rings is 1. The van der Waals surface area contributed by atoms with E-state index in [4.69, 9.17) is 9.47 Å². The molecule has 1 atom stereocenters. The number of thioether (sulfide) groups is 1. The molecule has 25 heavy (non-hydrogen) atoms. The summed E-state index contributed by atoms with van der Waals surface area (Å²) in [6.07, 6.45) is 2.79. The fraction of sp³-hybridized carbons (Fsp3) is 0.684. The maximum atomic E-state index is 10.1. The molecule has 2 N–H and O–H groups in total. The lowest BCUT2D eigenvalue weighted by Crippen LogP contribution is -2.35. The summed E-state index contributed by atoms with van der Waals surface area (Å²) in [6.45, 7) is 8.74. The van der Waals surface area contributed by atoms with Gasteiger partial charge in [-0.15, -0.1) is 0 Å². The van der Waals surface area contributed by atoms with Crippen molar-refractivity contribution in [1.82, 2.24) is 10.2 Å². The number of nitrogens with zero attached hydrogens (tertiary/aromatic N) is 1. The van der Waals surface area contributed by atoms with Gasteiger partial charge in [-0.1, -0.05) is 19.9 Å². The molecule has 0 fully saturated rings. The second kappa shape index (κ2) is 13.3. The van der Waals surface area contributed by atoms with Crippen molar-refractivity contribution in [3.8, 4) is 11.5 Å². The molecular weight excluding hydrogens is 336 g/mol. The third kappa shape index (κ3) is 8.81. The molecule has 1 aromatic carbocycles. The van der Waals surface area contributed by atoms with Crippen molar-refractivity contribution in [2.75, 3.05) is 51.9 Å². The zero-order chi connectivity index (χ0) is 18.5. The molecule has 0 spiro atoms. The second-order valence-electron chi connectivity index (χ2n) is 5.96. The van der Waals surface area contributed by atoms with E-state index in [2.05, 4.69) is 30.3 Å². The van der Waals surface area contributed by atoms with Crippen LogP contribution in [0.4, 0.5) is 0 Å². The highest BCUT2D eigenvalue weighted by Crippen LogP contribution is 2.28. The Morgan fingerprint density at radius 3 is 2.64 bits per heavy atom. The fourth-order valence-corrected chi connectivity index (χ4v) is 2.97.